The Morgan fingerprint density at radius 1 is 1.38 bits per heavy atom. The lowest BCUT2D eigenvalue weighted by Crippen LogP contribution is -2.49. The Balaban J connectivity index is 2.26. The summed E-state index contributed by atoms with van der Waals surface area (Å²) < 4.78 is 54.4. The smallest absolute Gasteiger partial charge is 0.310 e. The molecule has 3 atom stereocenters. The Hall–Kier alpha value is -0.710. The molecule has 0 spiro atoms. The van der Waals surface area contributed by atoms with Crippen LogP contribution in [0.25, 0.3) is 0 Å². The number of hydrogen-bond acceptors (Lipinski definition) is 6. The van der Waals surface area contributed by atoms with E-state index in [2.05, 4.69) is 0 Å². The fourth-order valence-electron chi connectivity index (χ4n) is 2.85. The number of aliphatic carboxylic acids is 1. The van der Waals surface area contributed by atoms with E-state index in [1.807, 2.05) is 0 Å². The maximum absolute atomic E-state index is 12.6. The minimum atomic E-state index is -3.86. The molecule has 2 heterocycles. The number of carboxylic acid groups (broad SMARTS) is 1. The third-order valence-corrected chi connectivity index (χ3v) is 8.39. The predicted octanol–water partition coefficient (Wildman–Crippen LogP) is -1.08. The van der Waals surface area contributed by atoms with Gasteiger partial charge < -0.3 is 9.84 Å². The van der Waals surface area contributed by atoms with Crippen LogP contribution in [0.15, 0.2) is 0 Å². The summed E-state index contributed by atoms with van der Waals surface area (Å²) in [5.41, 5.74) is 0. The molecule has 3 unspecified atom stereocenters. The predicted molar refractivity (Wildman–Crippen MR) is 74.1 cm³/mol. The molecule has 0 aromatic rings. The van der Waals surface area contributed by atoms with Crippen molar-refractivity contribution < 1.29 is 31.5 Å². The van der Waals surface area contributed by atoms with Gasteiger partial charge in [-0.25, -0.2) is 16.8 Å². The molecule has 122 valence electrons. The number of rotatable bonds is 5. The molecule has 2 saturated heterocycles. The highest BCUT2D eigenvalue weighted by Gasteiger charge is 2.47. The minimum absolute atomic E-state index is 0.0174. The monoisotopic (exact) mass is 341 g/mol. The van der Waals surface area contributed by atoms with Crippen LogP contribution in [0.1, 0.15) is 13.3 Å². The van der Waals surface area contributed by atoms with Crippen LogP contribution < -0.4 is 0 Å². The van der Waals surface area contributed by atoms with Crippen LogP contribution in [-0.2, 0) is 29.4 Å². The van der Waals surface area contributed by atoms with Crippen molar-refractivity contribution in [2.24, 2.45) is 5.92 Å². The lowest BCUT2D eigenvalue weighted by Gasteiger charge is -2.30. The summed E-state index contributed by atoms with van der Waals surface area (Å²) in [4.78, 5) is 11.2. The molecule has 1 N–H and O–H groups in total. The highest BCUT2D eigenvalue weighted by molar-refractivity contribution is 7.95. The van der Waals surface area contributed by atoms with Crippen LogP contribution in [0.5, 0.6) is 0 Å². The van der Waals surface area contributed by atoms with Gasteiger partial charge in [-0.15, -0.1) is 0 Å². The maximum Gasteiger partial charge on any atom is 0.310 e. The topological polar surface area (TPSA) is 118 Å². The Kier molecular flexibility index (Phi) is 4.62. The lowest BCUT2D eigenvalue weighted by molar-refractivity contribution is -0.142. The summed E-state index contributed by atoms with van der Waals surface area (Å²) in [6.07, 6.45) is 0.0620. The second-order valence-corrected chi connectivity index (χ2v) is 9.72. The number of sulfonamides is 1. The molecule has 2 fully saturated rings. The molecule has 0 aromatic heterocycles. The molecule has 0 bridgehead atoms. The van der Waals surface area contributed by atoms with E-state index in [4.69, 9.17) is 9.84 Å². The fourth-order valence-corrected chi connectivity index (χ4v) is 7.60. The molecule has 0 saturated carbocycles. The molecule has 0 aromatic carbocycles. The molecule has 10 heteroatoms. The van der Waals surface area contributed by atoms with Crippen molar-refractivity contribution in [1.82, 2.24) is 4.31 Å². The van der Waals surface area contributed by atoms with E-state index in [0.29, 0.717) is 0 Å². The van der Waals surface area contributed by atoms with Crippen LogP contribution in [0.3, 0.4) is 0 Å². The number of hydrogen-bond donors (Lipinski definition) is 1. The van der Waals surface area contributed by atoms with Gasteiger partial charge in [-0.1, -0.05) is 6.92 Å². The van der Waals surface area contributed by atoms with Gasteiger partial charge in [-0.3, -0.25) is 4.79 Å². The number of ether oxygens (including phenoxy) is 1. The normalized spacial score (nSPS) is 32.6. The van der Waals surface area contributed by atoms with Crippen molar-refractivity contribution in [3.05, 3.63) is 0 Å². The van der Waals surface area contributed by atoms with Crippen molar-refractivity contribution >= 4 is 25.8 Å². The zero-order valence-corrected chi connectivity index (χ0v) is 13.3. The zero-order valence-electron chi connectivity index (χ0n) is 11.6. The van der Waals surface area contributed by atoms with Crippen LogP contribution in [-0.4, -0.2) is 74.8 Å². The van der Waals surface area contributed by atoms with E-state index in [-0.39, 0.29) is 31.9 Å². The lowest BCUT2D eigenvalue weighted by atomic mass is 10.0. The first-order valence-corrected chi connectivity index (χ1v) is 10.0. The molecule has 0 amide bonds. The van der Waals surface area contributed by atoms with Gasteiger partial charge in [0.25, 0.3) is 0 Å². The molecule has 2 aliphatic rings. The SMILES string of the molecule is CCN(C1COCC1C(=O)O)S(=O)(=O)C1CCS(=O)(=O)C1. The summed E-state index contributed by atoms with van der Waals surface area (Å²) in [6.45, 7) is 1.69. The van der Waals surface area contributed by atoms with Gasteiger partial charge in [-0.2, -0.15) is 4.31 Å². The first-order chi connectivity index (χ1) is 9.69. The number of carboxylic acids is 1. The quantitative estimate of drug-likeness (QED) is 0.676. The van der Waals surface area contributed by atoms with Crippen LogP contribution in [0, 0.1) is 5.92 Å². The van der Waals surface area contributed by atoms with Gasteiger partial charge in [-0.05, 0) is 6.42 Å². The first kappa shape index (κ1) is 16.7. The van der Waals surface area contributed by atoms with E-state index in [1.165, 1.54) is 0 Å². The second kappa shape index (κ2) is 5.82. The second-order valence-electron chi connectivity index (χ2n) is 5.32. The molecule has 0 radical (unpaired) electrons. The van der Waals surface area contributed by atoms with Crippen LogP contribution >= 0.6 is 0 Å². The third kappa shape index (κ3) is 3.22. The zero-order chi connectivity index (χ0) is 15.8. The van der Waals surface area contributed by atoms with E-state index in [9.17, 15) is 21.6 Å². The van der Waals surface area contributed by atoms with E-state index < -0.39 is 48.8 Å². The fraction of sp³-hybridized carbons (Fsp3) is 0.909. The van der Waals surface area contributed by atoms with E-state index >= 15 is 0 Å². The third-order valence-electron chi connectivity index (χ3n) is 3.99. The van der Waals surface area contributed by atoms with Crippen LogP contribution in [0.4, 0.5) is 0 Å². The summed E-state index contributed by atoms with van der Waals surface area (Å²) in [6, 6.07) is -0.777. The number of nitrogens with zero attached hydrogens (tertiary/aromatic N) is 1. The van der Waals surface area contributed by atoms with Crippen molar-refractivity contribution in [2.45, 2.75) is 24.6 Å². The maximum atomic E-state index is 12.6. The van der Waals surface area contributed by atoms with Gasteiger partial charge in [0.1, 0.15) is 0 Å². The summed E-state index contributed by atoms with van der Waals surface area (Å²) >= 11 is 0. The molecule has 2 rings (SSSR count). The van der Waals surface area contributed by atoms with Gasteiger partial charge in [0.15, 0.2) is 9.84 Å². The number of carbonyl (C=O) groups is 1. The van der Waals surface area contributed by atoms with Crippen LogP contribution in [0.2, 0.25) is 0 Å². The number of sulfone groups is 1. The van der Waals surface area contributed by atoms with Gasteiger partial charge >= 0.3 is 5.97 Å². The van der Waals surface area contributed by atoms with Gasteiger partial charge in [0, 0.05) is 6.54 Å². The average molecular weight is 341 g/mol. The summed E-state index contributed by atoms with van der Waals surface area (Å²) in [7, 11) is -7.19. The van der Waals surface area contributed by atoms with Gasteiger partial charge in [0.05, 0.1) is 41.9 Å². The minimum Gasteiger partial charge on any atom is -0.481 e. The molecule has 21 heavy (non-hydrogen) atoms. The van der Waals surface area contributed by atoms with Crippen molar-refractivity contribution in [3.63, 3.8) is 0 Å². The molecular formula is C11H19NO7S2. The highest BCUT2D eigenvalue weighted by Crippen LogP contribution is 2.28. The largest absolute Gasteiger partial charge is 0.481 e. The number of likely N-dealkylation sites (N-methyl/N-ethyl adjacent to an activating group) is 1. The molecule has 2 aliphatic heterocycles. The summed E-state index contributed by atoms with van der Waals surface area (Å²) in [5, 5.41) is 8.16. The molecule has 8 nitrogen and oxygen atoms in total. The Bertz CT molecular complexity index is 612. The Labute approximate surface area is 124 Å². The average Bonchev–Trinajstić information content (AvgIpc) is 2.96. The first-order valence-electron chi connectivity index (χ1n) is 6.70. The standard InChI is InChI=1S/C11H19NO7S2/c1-2-12(10-6-19-5-9(10)11(13)14)21(17,18)8-3-4-20(15,16)7-8/h8-10H,2-7H2,1H3,(H,13,14). The Morgan fingerprint density at radius 2 is 2.05 bits per heavy atom. The van der Waals surface area contributed by atoms with Crippen molar-refractivity contribution in [2.75, 3.05) is 31.3 Å². The Morgan fingerprint density at radius 3 is 2.52 bits per heavy atom. The summed E-state index contributed by atoms with van der Waals surface area (Å²) in [5.74, 6) is -2.56. The highest BCUT2D eigenvalue weighted by atomic mass is 32.2. The van der Waals surface area contributed by atoms with E-state index in [0.717, 1.165) is 4.31 Å². The molecule has 0 aliphatic carbocycles. The molecular weight excluding hydrogens is 322 g/mol. The van der Waals surface area contributed by atoms with Crippen molar-refractivity contribution in [3.8, 4) is 0 Å². The van der Waals surface area contributed by atoms with Crippen molar-refractivity contribution in [1.29, 1.82) is 0 Å². The van der Waals surface area contributed by atoms with E-state index in [1.54, 1.807) is 6.92 Å². The van der Waals surface area contributed by atoms with Gasteiger partial charge in [0.2, 0.25) is 10.0 Å².